The van der Waals surface area contributed by atoms with Gasteiger partial charge in [0.1, 0.15) is 11.4 Å². The van der Waals surface area contributed by atoms with Crippen molar-refractivity contribution in [3.8, 4) is 16.9 Å². The average molecular weight is 418 g/mol. The third-order valence-electron chi connectivity index (χ3n) is 4.35. The second kappa shape index (κ2) is 9.34. The number of anilines is 2. The van der Waals surface area contributed by atoms with Gasteiger partial charge in [0.2, 0.25) is 0 Å². The molecule has 0 unspecified atom stereocenters. The number of hydrogen-bond donors (Lipinski definition) is 2. The van der Waals surface area contributed by atoms with Crippen LogP contribution in [-0.2, 0) is 4.74 Å². The molecular weight excluding hydrogens is 392 g/mol. The number of methoxy groups -OCH3 is 1. The van der Waals surface area contributed by atoms with Crippen LogP contribution in [0.3, 0.4) is 0 Å². The first kappa shape index (κ1) is 21.9. The zero-order valence-electron chi connectivity index (χ0n) is 18.1. The number of carbonyl (C=O) groups excluding carboxylic acids is 2. The Morgan fingerprint density at radius 2 is 1.52 bits per heavy atom. The molecule has 0 atom stereocenters. The summed E-state index contributed by atoms with van der Waals surface area (Å²) >= 11 is 0. The largest absolute Gasteiger partial charge is 0.495 e. The lowest BCUT2D eigenvalue weighted by atomic mass is 9.99. The second-order valence-corrected chi connectivity index (χ2v) is 7.91. The molecule has 3 aromatic carbocycles. The van der Waals surface area contributed by atoms with E-state index in [2.05, 4.69) is 10.6 Å². The van der Waals surface area contributed by atoms with E-state index in [1.807, 2.05) is 48.5 Å². The molecule has 3 aromatic rings. The number of benzene rings is 3. The lowest BCUT2D eigenvalue weighted by Gasteiger charge is -2.20. The predicted octanol–water partition coefficient (Wildman–Crippen LogP) is 5.96. The average Bonchev–Trinajstić information content (AvgIpc) is 2.73. The van der Waals surface area contributed by atoms with Crippen molar-refractivity contribution >= 4 is 23.4 Å². The Morgan fingerprint density at radius 1 is 0.839 bits per heavy atom. The van der Waals surface area contributed by atoms with Gasteiger partial charge in [-0.1, -0.05) is 48.5 Å². The molecule has 31 heavy (non-hydrogen) atoms. The van der Waals surface area contributed by atoms with E-state index in [0.717, 1.165) is 11.1 Å². The van der Waals surface area contributed by atoms with Gasteiger partial charge in [-0.3, -0.25) is 10.1 Å². The first-order valence-electron chi connectivity index (χ1n) is 9.90. The van der Waals surface area contributed by atoms with Crippen molar-refractivity contribution in [1.29, 1.82) is 0 Å². The quantitative estimate of drug-likeness (QED) is 0.536. The number of ether oxygens (including phenoxy) is 2. The van der Waals surface area contributed by atoms with Gasteiger partial charge in [0.05, 0.1) is 12.8 Å². The number of hydrogen-bond acceptors (Lipinski definition) is 4. The highest BCUT2D eigenvalue weighted by atomic mass is 16.6. The highest BCUT2D eigenvalue weighted by molar-refractivity contribution is 6.09. The van der Waals surface area contributed by atoms with Crippen LogP contribution >= 0.6 is 0 Å². The molecule has 6 nitrogen and oxygen atoms in total. The van der Waals surface area contributed by atoms with Crippen LogP contribution in [0.5, 0.6) is 5.75 Å². The van der Waals surface area contributed by atoms with Crippen LogP contribution in [0.1, 0.15) is 31.1 Å². The van der Waals surface area contributed by atoms with Gasteiger partial charge in [0, 0.05) is 11.3 Å². The first-order valence-corrected chi connectivity index (χ1v) is 9.90. The smallest absolute Gasteiger partial charge is 0.412 e. The third-order valence-corrected chi connectivity index (χ3v) is 4.35. The lowest BCUT2D eigenvalue weighted by Crippen LogP contribution is -2.27. The number of amides is 2. The second-order valence-electron chi connectivity index (χ2n) is 7.91. The Morgan fingerprint density at radius 3 is 2.19 bits per heavy atom. The van der Waals surface area contributed by atoms with Crippen LogP contribution in [0.15, 0.2) is 72.8 Å². The van der Waals surface area contributed by atoms with Gasteiger partial charge >= 0.3 is 6.09 Å². The maximum atomic E-state index is 13.0. The van der Waals surface area contributed by atoms with Crippen LogP contribution in [0.2, 0.25) is 0 Å². The molecule has 0 fully saturated rings. The van der Waals surface area contributed by atoms with Gasteiger partial charge in [-0.2, -0.15) is 0 Å². The van der Waals surface area contributed by atoms with Crippen molar-refractivity contribution in [3.05, 3.63) is 78.4 Å². The van der Waals surface area contributed by atoms with E-state index in [1.54, 1.807) is 45.0 Å². The van der Waals surface area contributed by atoms with Crippen molar-refractivity contribution < 1.29 is 19.1 Å². The van der Waals surface area contributed by atoms with Crippen LogP contribution in [0.4, 0.5) is 16.2 Å². The topological polar surface area (TPSA) is 76.7 Å². The fraction of sp³-hybridized carbons (Fsp3) is 0.200. The Labute approximate surface area is 182 Å². The van der Waals surface area contributed by atoms with E-state index in [-0.39, 0.29) is 5.91 Å². The molecule has 0 aliphatic carbocycles. The fourth-order valence-corrected chi connectivity index (χ4v) is 3.05. The molecule has 2 N–H and O–H groups in total. The van der Waals surface area contributed by atoms with Crippen molar-refractivity contribution in [2.45, 2.75) is 26.4 Å². The van der Waals surface area contributed by atoms with Crippen molar-refractivity contribution in [2.75, 3.05) is 17.7 Å². The molecule has 0 aliphatic rings. The van der Waals surface area contributed by atoms with Crippen LogP contribution < -0.4 is 15.4 Å². The molecule has 0 saturated carbocycles. The summed E-state index contributed by atoms with van der Waals surface area (Å²) in [5, 5.41) is 5.57. The molecule has 2 amide bonds. The maximum absolute atomic E-state index is 13.0. The van der Waals surface area contributed by atoms with E-state index in [0.29, 0.717) is 22.7 Å². The minimum absolute atomic E-state index is 0.257. The number of carbonyl (C=O) groups is 2. The summed E-state index contributed by atoms with van der Waals surface area (Å²) in [6.07, 6.45) is -0.608. The molecule has 160 valence electrons. The molecule has 6 heteroatoms. The molecule has 0 saturated heterocycles. The maximum Gasteiger partial charge on any atom is 0.412 e. The van der Waals surface area contributed by atoms with Crippen molar-refractivity contribution in [1.82, 2.24) is 0 Å². The minimum atomic E-state index is -0.635. The summed E-state index contributed by atoms with van der Waals surface area (Å²) in [5.41, 5.74) is 2.61. The monoisotopic (exact) mass is 418 g/mol. The van der Waals surface area contributed by atoms with E-state index in [4.69, 9.17) is 9.47 Å². The summed E-state index contributed by atoms with van der Waals surface area (Å²) in [4.78, 5) is 25.2. The molecular formula is C25H26N2O4. The molecule has 0 aromatic heterocycles. The molecule has 0 aliphatic heterocycles. The van der Waals surface area contributed by atoms with Gasteiger partial charge < -0.3 is 14.8 Å². The van der Waals surface area contributed by atoms with Gasteiger partial charge in [0.15, 0.2) is 0 Å². The zero-order valence-corrected chi connectivity index (χ0v) is 18.1. The highest BCUT2D eigenvalue weighted by Gasteiger charge is 2.18. The van der Waals surface area contributed by atoms with Gasteiger partial charge in [-0.25, -0.2) is 4.79 Å². The lowest BCUT2D eigenvalue weighted by molar-refractivity contribution is 0.0635. The van der Waals surface area contributed by atoms with Crippen LogP contribution in [0, 0.1) is 0 Å². The Kier molecular flexibility index (Phi) is 6.60. The summed E-state index contributed by atoms with van der Waals surface area (Å²) in [7, 11) is 1.50. The zero-order chi connectivity index (χ0) is 22.4. The first-order chi connectivity index (χ1) is 14.8. The van der Waals surface area contributed by atoms with Gasteiger partial charge in [-0.05, 0) is 56.2 Å². The van der Waals surface area contributed by atoms with E-state index >= 15 is 0 Å². The normalized spacial score (nSPS) is 10.8. The molecule has 0 spiro atoms. The van der Waals surface area contributed by atoms with E-state index < -0.39 is 11.7 Å². The summed E-state index contributed by atoms with van der Waals surface area (Å²) < 4.78 is 10.6. The summed E-state index contributed by atoms with van der Waals surface area (Å²) in [5.74, 6) is 0.196. The molecule has 3 rings (SSSR count). The molecule has 0 heterocycles. The third kappa shape index (κ3) is 5.85. The summed E-state index contributed by atoms with van der Waals surface area (Å²) in [6, 6.07) is 22.1. The van der Waals surface area contributed by atoms with Crippen molar-refractivity contribution in [3.63, 3.8) is 0 Å². The van der Waals surface area contributed by atoms with Crippen molar-refractivity contribution in [2.24, 2.45) is 0 Å². The van der Waals surface area contributed by atoms with Gasteiger partial charge in [-0.15, -0.1) is 0 Å². The SMILES string of the molecule is COc1ccc(NC(=O)c2ccccc2-c2ccccc2)cc1NC(=O)OC(C)(C)C. The minimum Gasteiger partial charge on any atom is -0.495 e. The Bertz CT molecular complexity index is 1070. The van der Waals surface area contributed by atoms with Crippen LogP contribution in [-0.4, -0.2) is 24.7 Å². The molecule has 0 radical (unpaired) electrons. The number of rotatable bonds is 5. The molecule has 0 bridgehead atoms. The van der Waals surface area contributed by atoms with Crippen LogP contribution in [0.25, 0.3) is 11.1 Å². The Hall–Kier alpha value is -3.80. The fourth-order valence-electron chi connectivity index (χ4n) is 3.05. The van der Waals surface area contributed by atoms with E-state index in [9.17, 15) is 9.59 Å². The number of nitrogens with one attached hydrogen (secondary N) is 2. The van der Waals surface area contributed by atoms with E-state index in [1.165, 1.54) is 7.11 Å². The summed E-state index contributed by atoms with van der Waals surface area (Å²) in [6.45, 7) is 5.35. The highest BCUT2D eigenvalue weighted by Crippen LogP contribution is 2.30. The predicted molar refractivity (Wildman–Crippen MR) is 123 cm³/mol. The standard InChI is InChI=1S/C25H26N2O4/c1-25(2,3)31-24(29)27-21-16-18(14-15-22(21)30-4)26-23(28)20-13-9-8-12-19(20)17-10-6-5-7-11-17/h5-16H,1-4H3,(H,26,28)(H,27,29). The van der Waals surface area contributed by atoms with Gasteiger partial charge in [0.25, 0.3) is 5.91 Å². The Balaban J connectivity index is 1.84.